The van der Waals surface area contributed by atoms with Crippen molar-refractivity contribution < 1.29 is 23.4 Å². The Morgan fingerprint density at radius 3 is 2.69 bits per heavy atom. The molecule has 1 aliphatic carbocycles. The van der Waals surface area contributed by atoms with E-state index in [2.05, 4.69) is 20.1 Å². The van der Waals surface area contributed by atoms with Crippen molar-refractivity contribution in [1.29, 1.82) is 0 Å². The van der Waals surface area contributed by atoms with E-state index < -0.39 is 18.0 Å². The fourth-order valence-electron chi connectivity index (χ4n) is 4.86. The number of alkyl halides is 2. The van der Waals surface area contributed by atoms with E-state index in [1.165, 1.54) is 28.9 Å². The zero-order valence-electron chi connectivity index (χ0n) is 19.6. The van der Waals surface area contributed by atoms with Gasteiger partial charge in [0.15, 0.2) is 11.3 Å². The van der Waals surface area contributed by atoms with Crippen molar-refractivity contribution in [3.8, 4) is 0 Å². The summed E-state index contributed by atoms with van der Waals surface area (Å²) in [5.74, 6) is 0.459. The number of aliphatic hydroxyl groups excluding tert-OH is 1. The van der Waals surface area contributed by atoms with Gasteiger partial charge in [-0.25, -0.2) is 18.3 Å². The van der Waals surface area contributed by atoms with Crippen molar-refractivity contribution in [3.05, 3.63) is 35.9 Å². The lowest BCUT2D eigenvalue weighted by atomic mass is 9.87. The van der Waals surface area contributed by atoms with Crippen molar-refractivity contribution in [2.45, 2.75) is 38.2 Å². The Balaban J connectivity index is 1.42. The molecular formula is C23H29F2N7O3. The molecule has 35 heavy (non-hydrogen) atoms. The van der Waals surface area contributed by atoms with Crippen molar-refractivity contribution in [2.75, 3.05) is 49.8 Å². The van der Waals surface area contributed by atoms with Gasteiger partial charge in [-0.3, -0.25) is 9.48 Å². The molecule has 5 rings (SSSR count). The van der Waals surface area contributed by atoms with Crippen LogP contribution in [0, 0.1) is 5.92 Å². The lowest BCUT2D eigenvalue weighted by molar-refractivity contribution is 0.0992. The second-order valence-electron chi connectivity index (χ2n) is 9.11. The number of morpholine rings is 1. The summed E-state index contributed by atoms with van der Waals surface area (Å²) in [5.41, 5.74) is 0.222. The van der Waals surface area contributed by atoms with Gasteiger partial charge in [0.2, 0.25) is 0 Å². The number of amides is 1. The molecule has 1 aliphatic heterocycles. The normalized spacial score (nSPS) is 21.1. The standard InChI is InChI=1S/C23H29F2N7O3/c1-29(18-13-32(28-20(18)21(24)25)16-4-2-15(14-33)3-5-16)23(34)17-12-26-31-7-6-19(27-22(17)31)30-8-10-35-11-9-30/h6-7,12-13,15-16,21,33H,2-5,8-11,14H2,1H3. The monoisotopic (exact) mass is 489 g/mol. The van der Waals surface area contributed by atoms with Crippen LogP contribution in [-0.2, 0) is 4.74 Å². The first-order chi connectivity index (χ1) is 17.0. The summed E-state index contributed by atoms with van der Waals surface area (Å²) in [5, 5.41) is 17.8. The third-order valence-electron chi connectivity index (χ3n) is 6.98. The molecule has 0 aromatic carbocycles. The highest BCUT2D eigenvalue weighted by molar-refractivity contribution is 6.09. The average Bonchev–Trinajstić information content (AvgIpc) is 3.53. The molecule has 2 aliphatic rings. The molecule has 12 heteroatoms. The maximum Gasteiger partial charge on any atom is 0.284 e. The highest BCUT2D eigenvalue weighted by Gasteiger charge is 2.30. The Morgan fingerprint density at radius 1 is 1.26 bits per heavy atom. The molecule has 0 radical (unpaired) electrons. The molecule has 1 saturated carbocycles. The molecule has 1 N–H and O–H groups in total. The average molecular weight is 490 g/mol. The number of hydrogen-bond acceptors (Lipinski definition) is 7. The van der Waals surface area contributed by atoms with Gasteiger partial charge in [0.05, 0.1) is 31.1 Å². The first-order valence-electron chi connectivity index (χ1n) is 11.9. The maximum absolute atomic E-state index is 13.9. The van der Waals surface area contributed by atoms with E-state index in [-0.39, 0.29) is 29.8 Å². The number of fused-ring (bicyclic) bond motifs is 1. The second kappa shape index (κ2) is 9.86. The van der Waals surface area contributed by atoms with Crippen LogP contribution in [-0.4, -0.2) is 75.4 Å². The van der Waals surface area contributed by atoms with Gasteiger partial charge in [-0.1, -0.05) is 0 Å². The molecule has 0 atom stereocenters. The van der Waals surface area contributed by atoms with Crippen molar-refractivity contribution in [1.82, 2.24) is 24.4 Å². The minimum absolute atomic E-state index is 0.0396. The first kappa shape index (κ1) is 23.6. The maximum atomic E-state index is 13.9. The quantitative estimate of drug-likeness (QED) is 0.568. The van der Waals surface area contributed by atoms with Crippen LogP contribution in [0.5, 0.6) is 0 Å². The Bertz CT molecular complexity index is 1180. The SMILES string of the molecule is CN(C(=O)c1cnn2ccc(N3CCOCC3)nc12)c1cn(C2CCC(CO)CC2)nc1C(F)F. The van der Waals surface area contributed by atoms with E-state index >= 15 is 0 Å². The Hall–Kier alpha value is -3.12. The van der Waals surface area contributed by atoms with Crippen molar-refractivity contribution in [3.63, 3.8) is 0 Å². The third-order valence-corrected chi connectivity index (χ3v) is 6.98. The summed E-state index contributed by atoms with van der Waals surface area (Å²) in [6.07, 6.45) is 4.96. The van der Waals surface area contributed by atoms with Gasteiger partial charge < -0.3 is 19.6 Å². The molecule has 10 nitrogen and oxygen atoms in total. The van der Waals surface area contributed by atoms with Gasteiger partial charge >= 0.3 is 0 Å². The number of aromatic nitrogens is 5. The van der Waals surface area contributed by atoms with Crippen LogP contribution in [0.15, 0.2) is 24.7 Å². The third kappa shape index (κ3) is 4.59. The van der Waals surface area contributed by atoms with Gasteiger partial charge in [-0.05, 0) is 37.7 Å². The summed E-state index contributed by atoms with van der Waals surface area (Å²) in [6.45, 7) is 2.72. The number of anilines is 2. The number of aliphatic hydroxyl groups is 1. The predicted molar refractivity (Wildman–Crippen MR) is 124 cm³/mol. The number of carbonyl (C=O) groups is 1. The summed E-state index contributed by atoms with van der Waals surface area (Å²) in [7, 11) is 1.47. The summed E-state index contributed by atoms with van der Waals surface area (Å²) < 4.78 is 36.3. The molecule has 0 unspecified atom stereocenters. The molecule has 0 bridgehead atoms. The second-order valence-corrected chi connectivity index (χ2v) is 9.11. The number of rotatable bonds is 6. The Morgan fingerprint density at radius 2 is 2.00 bits per heavy atom. The molecule has 1 saturated heterocycles. The first-order valence-corrected chi connectivity index (χ1v) is 11.9. The van der Waals surface area contributed by atoms with Crippen LogP contribution >= 0.6 is 0 Å². The predicted octanol–water partition coefficient (Wildman–Crippen LogP) is 2.70. The number of hydrogen-bond donors (Lipinski definition) is 1. The summed E-state index contributed by atoms with van der Waals surface area (Å²) in [4.78, 5) is 21.3. The number of halogens is 2. The molecule has 2 fully saturated rings. The fraction of sp³-hybridized carbons (Fsp3) is 0.565. The van der Waals surface area contributed by atoms with Gasteiger partial charge in [0, 0.05) is 39.1 Å². The number of carbonyl (C=O) groups excluding carboxylic acids is 1. The molecule has 4 heterocycles. The Kier molecular flexibility index (Phi) is 6.65. The van der Waals surface area contributed by atoms with Crippen LogP contribution < -0.4 is 9.80 Å². The largest absolute Gasteiger partial charge is 0.396 e. The highest BCUT2D eigenvalue weighted by Crippen LogP contribution is 2.36. The zero-order chi connectivity index (χ0) is 24.5. The van der Waals surface area contributed by atoms with Crippen molar-refractivity contribution in [2.24, 2.45) is 5.92 Å². The van der Waals surface area contributed by atoms with Crippen LogP contribution in [0.3, 0.4) is 0 Å². The van der Waals surface area contributed by atoms with Gasteiger partial charge in [-0.2, -0.15) is 10.2 Å². The Labute approximate surface area is 201 Å². The molecule has 1 amide bonds. The number of ether oxygens (including phenoxy) is 1. The van der Waals surface area contributed by atoms with E-state index in [9.17, 15) is 18.7 Å². The van der Waals surface area contributed by atoms with E-state index in [1.807, 2.05) is 6.07 Å². The highest BCUT2D eigenvalue weighted by atomic mass is 19.3. The fourth-order valence-corrected chi connectivity index (χ4v) is 4.86. The van der Waals surface area contributed by atoms with E-state index in [1.54, 1.807) is 10.9 Å². The van der Waals surface area contributed by atoms with E-state index in [0.29, 0.717) is 37.8 Å². The smallest absolute Gasteiger partial charge is 0.284 e. The van der Waals surface area contributed by atoms with E-state index in [0.717, 1.165) is 25.7 Å². The lowest BCUT2D eigenvalue weighted by Gasteiger charge is -2.27. The van der Waals surface area contributed by atoms with Crippen molar-refractivity contribution >= 4 is 23.1 Å². The summed E-state index contributed by atoms with van der Waals surface area (Å²) >= 11 is 0. The van der Waals surface area contributed by atoms with Gasteiger partial charge in [-0.15, -0.1) is 0 Å². The van der Waals surface area contributed by atoms with E-state index in [4.69, 9.17) is 4.74 Å². The molecule has 3 aromatic heterocycles. The number of nitrogens with zero attached hydrogens (tertiary/aromatic N) is 7. The molecule has 0 spiro atoms. The van der Waals surface area contributed by atoms with Crippen LogP contribution in [0.4, 0.5) is 20.3 Å². The lowest BCUT2D eigenvalue weighted by Crippen LogP contribution is -2.36. The van der Waals surface area contributed by atoms with Crippen LogP contribution in [0.25, 0.3) is 5.65 Å². The minimum Gasteiger partial charge on any atom is -0.396 e. The molecule has 188 valence electrons. The molecule has 3 aromatic rings. The molecular weight excluding hydrogens is 460 g/mol. The minimum atomic E-state index is -2.83. The van der Waals surface area contributed by atoms with Crippen LogP contribution in [0.2, 0.25) is 0 Å². The summed E-state index contributed by atoms with van der Waals surface area (Å²) in [6, 6.07) is 1.79. The zero-order valence-corrected chi connectivity index (χ0v) is 19.6. The van der Waals surface area contributed by atoms with Crippen LogP contribution in [0.1, 0.15) is 54.2 Å². The van der Waals surface area contributed by atoms with Gasteiger partial charge in [0.1, 0.15) is 11.4 Å². The van der Waals surface area contributed by atoms with Gasteiger partial charge in [0.25, 0.3) is 12.3 Å². The topological polar surface area (TPSA) is 101 Å².